The molecule has 108 valence electrons. The molecule has 0 amide bonds. The summed E-state index contributed by atoms with van der Waals surface area (Å²) < 4.78 is 10.5. The predicted molar refractivity (Wildman–Crippen MR) is 72.9 cm³/mol. The van der Waals surface area contributed by atoms with Crippen LogP contribution in [0.5, 0.6) is 0 Å². The van der Waals surface area contributed by atoms with Crippen molar-refractivity contribution < 1.29 is 9.15 Å². The van der Waals surface area contributed by atoms with Crippen molar-refractivity contribution in [2.45, 2.75) is 32.7 Å². The van der Waals surface area contributed by atoms with Crippen molar-refractivity contribution in [3.63, 3.8) is 0 Å². The smallest absolute Gasteiger partial charge is 0.315 e. The highest BCUT2D eigenvalue weighted by Crippen LogP contribution is 2.31. The van der Waals surface area contributed by atoms with E-state index in [4.69, 9.17) is 9.15 Å². The van der Waals surface area contributed by atoms with Crippen molar-refractivity contribution >= 4 is 6.01 Å². The molecule has 2 atom stereocenters. The number of hydrogen-bond acceptors (Lipinski definition) is 6. The summed E-state index contributed by atoms with van der Waals surface area (Å²) in [5.41, 5.74) is 0. The molecule has 1 fully saturated rings. The first-order chi connectivity index (χ1) is 9.29. The average molecular weight is 268 g/mol. The second-order valence-corrected chi connectivity index (χ2v) is 5.22. The lowest BCUT2D eigenvalue weighted by atomic mass is 9.98. The molecule has 6 heteroatoms. The Morgan fingerprint density at radius 2 is 2.26 bits per heavy atom. The standard InChI is InChI=1S/C13H24N4O2/c1-10-4-3-5-11(10)8-15-13-17-16-12(19-13)9-14-6-7-18-2/h10-11,14H,3-9H2,1-2H3,(H,15,17). The summed E-state index contributed by atoms with van der Waals surface area (Å²) in [6.45, 7) is 5.29. The summed E-state index contributed by atoms with van der Waals surface area (Å²) in [5.74, 6) is 2.14. The molecule has 0 bridgehead atoms. The van der Waals surface area contributed by atoms with Crippen LogP contribution in [0.15, 0.2) is 4.42 Å². The molecule has 6 nitrogen and oxygen atoms in total. The van der Waals surface area contributed by atoms with Gasteiger partial charge in [0.1, 0.15) is 0 Å². The molecule has 0 saturated heterocycles. The molecule has 1 aliphatic rings. The van der Waals surface area contributed by atoms with E-state index in [0.29, 0.717) is 25.1 Å². The van der Waals surface area contributed by atoms with Crippen LogP contribution in [0.1, 0.15) is 32.1 Å². The third-order valence-electron chi connectivity index (χ3n) is 3.78. The van der Waals surface area contributed by atoms with Gasteiger partial charge in [-0.25, -0.2) is 0 Å². The van der Waals surface area contributed by atoms with Crippen LogP contribution in [0.2, 0.25) is 0 Å². The van der Waals surface area contributed by atoms with Gasteiger partial charge in [0.15, 0.2) is 0 Å². The van der Waals surface area contributed by atoms with Crippen molar-refractivity contribution in [3.8, 4) is 0 Å². The zero-order chi connectivity index (χ0) is 13.5. The van der Waals surface area contributed by atoms with E-state index in [1.807, 2.05) is 0 Å². The van der Waals surface area contributed by atoms with Crippen molar-refractivity contribution in [3.05, 3.63) is 5.89 Å². The van der Waals surface area contributed by atoms with Gasteiger partial charge in [-0.3, -0.25) is 0 Å². The van der Waals surface area contributed by atoms with E-state index in [-0.39, 0.29) is 0 Å². The van der Waals surface area contributed by atoms with Crippen molar-refractivity contribution in [2.24, 2.45) is 11.8 Å². The van der Waals surface area contributed by atoms with Crippen LogP contribution >= 0.6 is 0 Å². The van der Waals surface area contributed by atoms with Gasteiger partial charge in [0.2, 0.25) is 5.89 Å². The monoisotopic (exact) mass is 268 g/mol. The van der Waals surface area contributed by atoms with Gasteiger partial charge >= 0.3 is 6.01 Å². The topological polar surface area (TPSA) is 72.2 Å². The van der Waals surface area contributed by atoms with Gasteiger partial charge in [-0.05, 0) is 18.3 Å². The van der Waals surface area contributed by atoms with Crippen molar-refractivity contribution in [2.75, 3.05) is 32.1 Å². The first-order valence-corrected chi connectivity index (χ1v) is 7.05. The Bertz CT molecular complexity index is 369. The number of nitrogens with one attached hydrogen (secondary N) is 2. The van der Waals surface area contributed by atoms with Crippen LogP contribution in [-0.2, 0) is 11.3 Å². The van der Waals surface area contributed by atoms with Gasteiger partial charge in [-0.15, -0.1) is 5.10 Å². The first kappa shape index (κ1) is 14.3. The lowest BCUT2D eigenvalue weighted by Gasteiger charge is -2.14. The highest BCUT2D eigenvalue weighted by Gasteiger charge is 2.23. The predicted octanol–water partition coefficient (Wildman–Crippen LogP) is 1.65. The fraction of sp³-hybridized carbons (Fsp3) is 0.846. The SMILES string of the molecule is COCCNCc1nnc(NCC2CCCC2C)o1. The number of aromatic nitrogens is 2. The molecule has 0 aliphatic heterocycles. The number of methoxy groups -OCH3 is 1. The summed E-state index contributed by atoms with van der Waals surface area (Å²) in [6.07, 6.45) is 3.98. The van der Waals surface area contributed by atoms with Crippen molar-refractivity contribution in [1.82, 2.24) is 15.5 Å². The molecule has 0 aromatic carbocycles. The second-order valence-electron chi connectivity index (χ2n) is 5.22. The number of hydrogen-bond donors (Lipinski definition) is 2. The maximum atomic E-state index is 5.52. The van der Waals surface area contributed by atoms with Gasteiger partial charge < -0.3 is 19.8 Å². The van der Waals surface area contributed by atoms with Gasteiger partial charge in [0.05, 0.1) is 13.2 Å². The molecule has 1 aromatic heterocycles. The fourth-order valence-corrected chi connectivity index (χ4v) is 2.51. The van der Waals surface area contributed by atoms with Crippen LogP contribution in [0, 0.1) is 11.8 Å². The molecule has 1 saturated carbocycles. The van der Waals surface area contributed by atoms with E-state index in [9.17, 15) is 0 Å². The van der Waals surface area contributed by atoms with Crippen LogP contribution in [-0.4, -0.2) is 37.0 Å². The highest BCUT2D eigenvalue weighted by atomic mass is 16.5. The molecule has 19 heavy (non-hydrogen) atoms. The third kappa shape index (κ3) is 4.47. The highest BCUT2D eigenvalue weighted by molar-refractivity contribution is 5.17. The van der Waals surface area contributed by atoms with Gasteiger partial charge in [-0.2, -0.15) is 0 Å². The van der Waals surface area contributed by atoms with Crippen LogP contribution in [0.3, 0.4) is 0 Å². The third-order valence-corrected chi connectivity index (χ3v) is 3.78. The Morgan fingerprint density at radius 3 is 3.00 bits per heavy atom. The van der Waals surface area contributed by atoms with E-state index in [1.54, 1.807) is 7.11 Å². The number of ether oxygens (including phenoxy) is 1. The molecule has 2 N–H and O–H groups in total. The largest absolute Gasteiger partial charge is 0.407 e. The minimum Gasteiger partial charge on any atom is -0.407 e. The zero-order valence-electron chi connectivity index (χ0n) is 11.8. The summed E-state index contributed by atoms with van der Waals surface area (Å²) in [5, 5.41) is 14.4. The second kappa shape index (κ2) is 7.45. The van der Waals surface area contributed by atoms with Gasteiger partial charge in [0, 0.05) is 20.2 Å². The summed E-state index contributed by atoms with van der Waals surface area (Å²) >= 11 is 0. The van der Waals surface area contributed by atoms with Crippen LogP contribution < -0.4 is 10.6 Å². The van der Waals surface area contributed by atoms with E-state index < -0.39 is 0 Å². The molecule has 0 spiro atoms. The number of rotatable bonds is 8. The fourth-order valence-electron chi connectivity index (χ4n) is 2.51. The van der Waals surface area contributed by atoms with Crippen LogP contribution in [0.25, 0.3) is 0 Å². The van der Waals surface area contributed by atoms with E-state index in [0.717, 1.165) is 24.9 Å². The quantitative estimate of drug-likeness (QED) is 0.699. The Labute approximate surface area is 114 Å². The zero-order valence-corrected chi connectivity index (χ0v) is 11.8. The lowest BCUT2D eigenvalue weighted by molar-refractivity contribution is 0.198. The first-order valence-electron chi connectivity index (χ1n) is 7.05. The minimum absolute atomic E-state index is 0.530. The van der Waals surface area contributed by atoms with Crippen LogP contribution in [0.4, 0.5) is 6.01 Å². The Morgan fingerprint density at radius 1 is 1.37 bits per heavy atom. The average Bonchev–Trinajstić information content (AvgIpc) is 3.01. The van der Waals surface area contributed by atoms with E-state index in [1.165, 1.54) is 19.3 Å². The number of nitrogens with zero attached hydrogens (tertiary/aromatic N) is 2. The van der Waals surface area contributed by atoms with Crippen molar-refractivity contribution in [1.29, 1.82) is 0 Å². The van der Waals surface area contributed by atoms with Gasteiger partial charge in [0.25, 0.3) is 0 Å². The van der Waals surface area contributed by atoms with Gasteiger partial charge in [-0.1, -0.05) is 24.9 Å². The Kier molecular flexibility index (Phi) is 5.60. The summed E-state index contributed by atoms with van der Waals surface area (Å²) in [4.78, 5) is 0. The summed E-state index contributed by atoms with van der Waals surface area (Å²) in [6, 6.07) is 0.530. The normalized spacial score (nSPS) is 22.8. The molecule has 1 aromatic rings. The molecule has 2 unspecified atom stereocenters. The Balaban J connectivity index is 1.68. The maximum absolute atomic E-state index is 5.52. The summed E-state index contributed by atoms with van der Waals surface area (Å²) in [7, 11) is 1.68. The molecule has 1 aliphatic carbocycles. The molecule has 1 heterocycles. The molecule has 0 radical (unpaired) electrons. The molecular weight excluding hydrogens is 244 g/mol. The molecular formula is C13H24N4O2. The molecule has 2 rings (SSSR count). The van der Waals surface area contributed by atoms with E-state index in [2.05, 4.69) is 27.8 Å². The van der Waals surface area contributed by atoms with E-state index >= 15 is 0 Å². The minimum atomic E-state index is 0.530. The number of anilines is 1. The lowest BCUT2D eigenvalue weighted by Crippen LogP contribution is -2.18. The maximum Gasteiger partial charge on any atom is 0.315 e. The Hall–Kier alpha value is -1.14.